The lowest BCUT2D eigenvalue weighted by molar-refractivity contribution is 0.00578. The molecule has 4 aliphatic heterocycles. The SMILES string of the molecule is CC1(C)OB(C2=CCN3CCC2CC3)OC1(C)C. The van der Waals surface area contributed by atoms with E-state index in [9.17, 15) is 0 Å². The Morgan fingerprint density at radius 1 is 1.11 bits per heavy atom. The van der Waals surface area contributed by atoms with E-state index >= 15 is 0 Å². The molecule has 4 heteroatoms. The second-order valence-electron chi connectivity index (χ2n) is 6.87. The van der Waals surface area contributed by atoms with Crippen molar-refractivity contribution in [1.29, 1.82) is 0 Å². The molecule has 100 valence electrons. The fraction of sp³-hybridized carbons (Fsp3) is 0.857. The molecule has 0 amide bonds. The number of piperidine rings is 1. The van der Waals surface area contributed by atoms with Crippen molar-refractivity contribution in [1.82, 2.24) is 4.90 Å². The molecule has 4 rings (SSSR count). The lowest BCUT2D eigenvalue weighted by Gasteiger charge is -2.32. The molecule has 3 nitrogen and oxygen atoms in total. The normalized spacial score (nSPS) is 37.6. The average molecular weight is 249 g/mol. The Morgan fingerprint density at radius 2 is 1.67 bits per heavy atom. The van der Waals surface area contributed by atoms with Crippen LogP contribution in [0.3, 0.4) is 0 Å². The summed E-state index contributed by atoms with van der Waals surface area (Å²) in [5.74, 6) is 0.665. The van der Waals surface area contributed by atoms with Crippen LogP contribution in [-0.2, 0) is 9.31 Å². The van der Waals surface area contributed by atoms with Crippen LogP contribution in [0.1, 0.15) is 40.5 Å². The Balaban J connectivity index is 1.82. The molecule has 0 aromatic rings. The number of fused-ring (bicyclic) bond motifs is 3. The third-order valence-corrected chi connectivity index (χ3v) is 5.17. The monoisotopic (exact) mass is 249 g/mol. The highest BCUT2D eigenvalue weighted by molar-refractivity contribution is 6.54. The van der Waals surface area contributed by atoms with Gasteiger partial charge in [0.2, 0.25) is 0 Å². The van der Waals surface area contributed by atoms with Crippen molar-refractivity contribution in [2.24, 2.45) is 5.92 Å². The fourth-order valence-corrected chi connectivity index (χ4v) is 3.12. The standard InChI is InChI=1S/C14H24BNO2/c1-13(2)14(3,4)18-15(17-13)12-7-10-16-8-5-11(12)6-9-16/h7,11H,5-6,8-10H2,1-4H3. The number of hydrogen-bond donors (Lipinski definition) is 0. The Morgan fingerprint density at radius 3 is 2.22 bits per heavy atom. The van der Waals surface area contributed by atoms with Gasteiger partial charge in [-0.05, 0) is 65.0 Å². The zero-order valence-electron chi connectivity index (χ0n) is 12.0. The van der Waals surface area contributed by atoms with Crippen molar-refractivity contribution in [2.45, 2.75) is 51.7 Å². The Hall–Kier alpha value is -0.315. The summed E-state index contributed by atoms with van der Waals surface area (Å²) in [4.78, 5) is 2.52. The Labute approximate surface area is 111 Å². The summed E-state index contributed by atoms with van der Waals surface area (Å²) in [6.45, 7) is 12.0. The maximum atomic E-state index is 6.20. The van der Waals surface area contributed by atoms with Gasteiger partial charge in [-0.25, -0.2) is 0 Å². The topological polar surface area (TPSA) is 21.7 Å². The van der Waals surface area contributed by atoms with E-state index in [1.54, 1.807) is 0 Å². The first-order valence-electron chi connectivity index (χ1n) is 7.17. The van der Waals surface area contributed by atoms with E-state index in [2.05, 4.69) is 38.7 Å². The second kappa shape index (κ2) is 4.09. The van der Waals surface area contributed by atoms with Gasteiger partial charge in [-0.1, -0.05) is 6.08 Å². The molecule has 0 radical (unpaired) electrons. The van der Waals surface area contributed by atoms with Crippen LogP contribution < -0.4 is 0 Å². The van der Waals surface area contributed by atoms with Crippen LogP contribution in [0.5, 0.6) is 0 Å². The van der Waals surface area contributed by atoms with E-state index in [1.807, 2.05) is 0 Å². The smallest absolute Gasteiger partial charge is 0.400 e. The van der Waals surface area contributed by atoms with Crippen molar-refractivity contribution < 1.29 is 9.31 Å². The van der Waals surface area contributed by atoms with Crippen LogP contribution >= 0.6 is 0 Å². The number of rotatable bonds is 1. The highest BCUT2D eigenvalue weighted by Gasteiger charge is 2.53. The van der Waals surface area contributed by atoms with Crippen LogP contribution in [0.25, 0.3) is 0 Å². The number of hydrogen-bond acceptors (Lipinski definition) is 3. The third kappa shape index (κ3) is 1.95. The molecule has 0 aromatic heterocycles. The van der Waals surface area contributed by atoms with Crippen molar-refractivity contribution in [2.75, 3.05) is 19.6 Å². The summed E-state index contributed by atoms with van der Waals surface area (Å²) >= 11 is 0. The zero-order chi connectivity index (χ0) is 13.0. The third-order valence-electron chi connectivity index (χ3n) is 5.17. The van der Waals surface area contributed by atoms with E-state index in [4.69, 9.17) is 9.31 Å². The lowest BCUT2D eigenvalue weighted by atomic mass is 9.68. The van der Waals surface area contributed by atoms with Crippen molar-refractivity contribution >= 4 is 7.12 Å². The van der Waals surface area contributed by atoms with Gasteiger partial charge < -0.3 is 9.31 Å². The van der Waals surface area contributed by atoms with Crippen LogP contribution in [0.2, 0.25) is 0 Å². The molecule has 0 spiro atoms. The van der Waals surface area contributed by atoms with Gasteiger partial charge in [-0.15, -0.1) is 0 Å². The van der Waals surface area contributed by atoms with Gasteiger partial charge in [-0.3, -0.25) is 4.90 Å². The highest BCUT2D eigenvalue weighted by atomic mass is 16.7. The van der Waals surface area contributed by atoms with E-state index in [0.29, 0.717) is 5.92 Å². The summed E-state index contributed by atoms with van der Waals surface area (Å²) in [7, 11) is -0.127. The predicted octanol–water partition coefficient (Wildman–Crippen LogP) is 2.27. The molecule has 2 fully saturated rings. The first kappa shape index (κ1) is 12.7. The minimum absolute atomic E-state index is 0.127. The number of allylic oxidation sites excluding steroid dienone is 1. The quantitative estimate of drug-likeness (QED) is 0.665. The van der Waals surface area contributed by atoms with E-state index in [1.165, 1.54) is 31.4 Å². The molecule has 0 aliphatic carbocycles. The highest BCUT2D eigenvalue weighted by Crippen LogP contribution is 2.41. The van der Waals surface area contributed by atoms with Crippen LogP contribution in [0, 0.1) is 5.92 Å². The first-order valence-corrected chi connectivity index (χ1v) is 7.17. The van der Waals surface area contributed by atoms with Crippen molar-refractivity contribution in [3.05, 3.63) is 11.5 Å². The first-order chi connectivity index (χ1) is 8.39. The molecule has 0 saturated carbocycles. The van der Waals surface area contributed by atoms with Crippen LogP contribution in [0.4, 0.5) is 0 Å². The van der Waals surface area contributed by atoms with Gasteiger partial charge >= 0.3 is 7.12 Å². The molecule has 0 N–H and O–H groups in total. The fourth-order valence-electron chi connectivity index (χ4n) is 3.12. The van der Waals surface area contributed by atoms with Crippen molar-refractivity contribution in [3.63, 3.8) is 0 Å². The predicted molar refractivity (Wildman–Crippen MR) is 73.3 cm³/mol. The van der Waals surface area contributed by atoms with E-state index in [0.717, 1.165) is 6.54 Å². The van der Waals surface area contributed by atoms with Gasteiger partial charge in [0.15, 0.2) is 0 Å². The minimum Gasteiger partial charge on any atom is -0.400 e. The van der Waals surface area contributed by atoms with Gasteiger partial charge in [0, 0.05) is 6.54 Å². The zero-order valence-corrected chi connectivity index (χ0v) is 12.0. The molecular formula is C14H24BNO2. The molecule has 0 unspecified atom stereocenters. The van der Waals surface area contributed by atoms with Crippen molar-refractivity contribution in [3.8, 4) is 0 Å². The number of nitrogens with zero attached hydrogens (tertiary/aromatic N) is 1. The summed E-state index contributed by atoms with van der Waals surface area (Å²) in [5, 5.41) is 0. The molecule has 0 aromatic carbocycles. The van der Waals surface area contributed by atoms with E-state index < -0.39 is 0 Å². The second-order valence-corrected chi connectivity index (χ2v) is 6.87. The van der Waals surface area contributed by atoms with Gasteiger partial charge in [0.05, 0.1) is 11.2 Å². The average Bonchev–Trinajstić information content (AvgIpc) is 2.53. The Bertz CT molecular complexity index is 354. The maximum Gasteiger partial charge on any atom is 0.490 e. The summed E-state index contributed by atoms with van der Waals surface area (Å²) in [6, 6.07) is 0. The van der Waals surface area contributed by atoms with Crippen LogP contribution in [0.15, 0.2) is 11.5 Å². The maximum absolute atomic E-state index is 6.20. The largest absolute Gasteiger partial charge is 0.490 e. The van der Waals surface area contributed by atoms with Gasteiger partial charge in [0.25, 0.3) is 0 Å². The summed E-state index contributed by atoms with van der Waals surface area (Å²) in [5.41, 5.74) is 0.959. The molecule has 2 bridgehead atoms. The molecule has 18 heavy (non-hydrogen) atoms. The minimum atomic E-state index is -0.219. The molecule has 4 aliphatic rings. The van der Waals surface area contributed by atoms with E-state index in [-0.39, 0.29) is 18.3 Å². The molecular weight excluding hydrogens is 225 g/mol. The Kier molecular flexibility index (Phi) is 2.89. The van der Waals surface area contributed by atoms with Crippen LogP contribution in [-0.4, -0.2) is 42.9 Å². The molecule has 4 heterocycles. The van der Waals surface area contributed by atoms with Gasteiger partial charge in [0.1, 0.15) is 0 Å². The molecule has 0 atom stereocenters. The summed E-state index contributed by atoms with van der Waals surface area (Å²) < 4.78 is 12.4. The van der Waals surface area contributed by atoms with Gasteiger partial charge in [-0.2, -0.15) is 0 Å². The molecule has 2 saturated heterocycles. The lowest BCUT2D eigenvalue weighted by Crippen LogP contribution is -2.41. The summed E-state index contributed by atoms with van der Waals surface area (Å²) in [6.07, 6.45) is 4.87.